The molecule has 0 N–H and O–H groups in total. The van der Waals surface area contributed by atoms with Crippen molar-refractivity contribution < 1.29 is 9.47 Å². The quantitative estimate of drug-likeness (QED) is 0.756. The number of fused-ring (bicyclic) bond motifs is 1. The minimum absolute atomic E-state index is 0.258. The van der Waals surface area contributed by atoms with Crippen LogP contribution in [0.3, 0.4) is 0 Å². The van der Waals surface area contributed by atoms with Crippen molar-refractivity contribution >= 4 is 0 Å². The van der Waals surface area contributed by atoms with E-state index in [9.17, 15) is 0 Å². The van der Waals surface area contributed by atoms with Crippen molar-refractivity contribution in [2.75, 3.05) is 13.2 Å². The van der Waals surface area contributed by atoms with E-state index in [0.717, 1.165) is 31.8 Å². The second-order valence-corrected chi connectivity index (χ2v) is 3.77. The van der Waals surface area contributed by atoms with Crippen LogP contribution in [0.5, 0.6) is 5.75 Å². The van der Waals surface area contributed by atoms with E-state index < -0.39 is 0 Å². The summed E-state index contributed by atoms with van der Waals surface area (Å²) in [6, 6.07) is 6.27. The van der Waals surface area contributed by atoms with E-state index in [-0.39, 0.29) is 6.10 Å². The summed E-state index contributed by atoms with van der Waals surface area (Å²) < 4.78 is 11.4. The molecule has 82 valence electrons. The molecule has 1 aromatic rings. The molecule has 1 aliphatic rings. The van der Waals surface area contributed by atoms with Gasteiger partial charge in [-0.05, 0) is 31.4 Å². The Hall–Kier alpha value is -1.02. The summed E-state index contributed by atoms with van der Waals surface area (Å²) in [5.74, 6) is 1.04. The number of hydrogen-bond acceptors (Lipinski definition) is 2. The molecule has 2 nitrogen and oxygen atoms in total. The van der Waals surface area contributed by atoms with Crippen molar-refractivity contribution in [2.24, 2.45) is 0 Å². The van der Waals surface area contributed by atoms with Gasteiger partial charge in [-0.2, -0.15) is 0 Å². The van der Waals surface area contributed by atoms with Gasteiger partial charge in [0, 0.05) is 5.56 Å². The fraction of sp³-hybridized carbons (Fsp3) is 0.538. The molecule has 0 radical (unpaired) electrons. The van der Waals surface area contributed by atoms with Gasteiger partial charge in [0.2, 0.25) is 0 Å². The van der Waals surface area contributed by atoms with E-state index in [4.69, 9.17) is 9.47 Å². The Morgan fingerprint density at radius 1 is 1.40 bits per heavy atom. The molecule has 0 spiro atoms. The van der Waals surface area contributed by atoms with Gasteiger partial charge in [0.1, 0.15) is 5.75 Å². The van der Waals surface area contributed by atoms with Gasteiger partial charge in [-0.3, -0.25) is 0 Å². The van der Waals surface area contributed by atoms with Gasteiger partial charge >= 0.3 is 0 Å². The SMILES string of the molecule is CCOc1cccc2c1CCO[C@H]2CC. The van der Waals surface area contributed by atoms with E-state index in [1.165, 1.54) is 11.1 Å². The van der Waals surface area contributed by atoms with Crippen LogP contribution < -0.4 is 4.74 Å². The molecule has 1 aliphatic heterocycles. The minimum atomic E-state index is 0.258. The highest BCUT2D eigenvalue weighted by atomic mass is 16.5. The van der Waals surface area contributed by atoms with Gasteiger partial charge in [0.25, 0.3) is 0 Å². The van der Waals surface area contributed by atoms with E-state index in [1.807, 2.05) is 6.92 Å². The van der Waals surface area contributed by atoms with Crippen LogP contribution >= 0.6 is 0 Å². The number of rotatable bonds is 3. The van der Waals surface area contributed by atoms with Crippen LogP contribution in [-0.4, -0.2) is 13.2 Å². The van der Waals surface area contributed by atoms with Crippen LogP contribution in [0.4, 0.5) is 0 Å². The molecule has 0 aliphatic carbocycles. The second-order valence-electron chi connectivity index (χ2n) is 3.77. The molecule has 0 amide bonds. The van der Waals surface area contributed by atoms with Crippen molar-refractivity contribution in [2.45, 2.75) is 32.8 Å². The van der Waals surface area contributed by atoms with Crippen LogP contribution in [0.25, 0.3) is 0 Å². The van der Waals surface area contributed by atoms with Crippen molar-refractivity contribution in [1.29, 1.82) is 0 Å². The monoisotopic (exact) mass is 206 g/mol. The molecule has 0 saturated carbocycles. The van der Waals surface area contributed by atoms with Gasteiger partial charge in [0.15, 0.2) is 0 Å². The fourth-order valence-corrected chi connectivity index (χ4v) is 2.17. The summed E-state index contributed by atoms with van der Waals surface area (Å²) in [7, 11) is 0. The van der Waals surface area contributed by atoms with Gasteiger partial charge in [0.05, 0.1) is 19.3 Å². The number of benzene rings is 1. The Balaban J connectivity index is 2.37. The zero-order chi connectivity index (χ0) is 10.7. The van der Waals surface area contributed by atoms with Crippen LogP contribution in [-0.2, 0) is 11.2 Å². The highest BCUT2D eigenvalue weighted by Gasteiger charge is 2.21. The average Bonchev–Trinajstić information content (AvgIpc) is 2.29. The van der Waals surface area contributed by atoms with E-state index in [0.29, 0.717) is 0 Å². The molecule has 0 aromatic heterocycles. The summed E-state index contributed by atoms with van der Waals surface area (Å²) in [4.78, 5) is 0. The minimum Gasteiger partial charge on any atom is -0.494 e. The van der Waals surface area contributed by atoms with Crippen molar-refractivity contribution in [1.82, 2.24) is 0 Å². The van der Waals surface area contributed by atoms with Crippen molar-refractivity contribution in [3.8, 4) is 5.75 Å². The standard InChI is InChI=1S/C13H18O2/c1-3-12-10-6-5-7-13(14-4-2)11(10)8-9-15-12/h5-7,12H,3-4,8-9H2,1-2H3/t12-/m0/s1. The first-order valence-electron chi connectivity index (χ1n) is 5.73. The lowest BCUT2D eigenvalue weighted by molar-refractivity contribution is 0.0390. The first kappa shape index (κ1) is 10.5. The smallest absolute Gasteiger partial charge is 0.122 e. The Bertz CT molecular complexity index is 333. The fourth-order valence-electron chi connectivity index (χ4n) is 2.17. The first-order chi connectivity index (χ1) is 7.36. The zero-order valence-corrected chi connectivity index (χ0v) is 9.45. The molecule has 2 heteroatoms. The van der Waals surface area contributed by atoms with E-state index in [1.54, 1.807) is 0 Å². The predicted octanol–water partition coefficient (Wildman–Crippen LogP) is 3.11. The summed E-state index contributed by atoms with van der Waals surface area (Å²) in [6.45, 7) is 5.73. The molecule has 1 heterocycles. The maximum Gasteiger partial charge on any atom is 0.122 e. The molecule has 15 heavy (non-hydrogen) atoms. The zero-order valence-electron chi connectivity index (χ0n) is 9.45. The third kappa shape index (κ3) is 2.00. The Labute approximate surface area is 91.2 Å². The molecule has 1 aromatic carbocycles. The second kappa shape index (κ2) is 4.67. The average molecular weight is 206 g/mol. The maximum atomic E-state index is 5.73. The largest absolute Gasteiger partial charge is 0.494 e. The molecule has 1 atom stereocenters. The summed E-state index contributed by atoms with van der Waals surface area (Å²) in [6.07, 6.45) is 2.26. The van der Waals surface area contributed by atoms with E-state index in [2.05, 4.69) is 25.1 Å². The van der Waals surface area contributed by atoms with Crippen LogP contribution in [0.15, 0.2) is 18.2 Å². The molecular weight excluding hydrogens is 188 g/mol. The molecule has 0 unspecified atom stereocenters. The lowest BCUT2D eigenvalue weighted by Gasteiger charge is -2.26. The third-order valence-electron chi connectivity index (χ3n) is 2.86. The van der Waals surface area contributed by atoms with Gasteiger partial charge in [-0.1, -0.05) is 19.1 Å². The summed E-state index contributed by atoms with van der Waals surface area (Å²) in [5, 5.41) is 0. The van der Waals surface area contributed by atoms with Gasteiger partial charge < -0.3 is 9.47 Å². The summed E-state index contributed by atoms with van der Waals surface area (Å²) >= 11 is 0. The van der Waals surface area contributed by atoms with Gasteiger partial charge in [-0.25, -0.2) is 0 Å². The summed E-state index contributed by atoms with van der Waals surface area (Å²) in [5.41, 5.74) is 2.66. The van der Waals surface area contributed by atoms with Crippen LogP contribution in [0, 0.1) is 0 Å². The maximum absolute atomic E-state index is 5.73. The van der Waals surface area contributed by atoms with Crippen molar-refractivity contribution in [3.63, 3.8) is 0 Å². The normalized spacial score (nSPS) is 19.7. The molecule has 0 fully saturated rings. The molecule has 0 bridgehead atoms. The molecule has 0 saturated heterocycles. The topological polar surface area (TPSA) is 18.5 Å². The molecule has 2 rings (SSSR count). The Morgan fingerprint density at radius 2 is 2.27 bits per heavy atom. The number of ether oxygens (including phenoxy) is 2. The predicted molar refractivity (Wildman–Crippen MR) is 60.3 cm³/mol. The Morgan fingerprint density at radius 3 is 3.00 bits per heavy atom. The highest BCUT2D eigenvalue weighted by Crippen LogP contribution is 2.34. The lowest BCUT2D eigenvalue weighted by Crippen LogP contribution is -2.16. The van der Waals surface area contributed by atoms with Gasteiger partial charge in [-0.15, -0.1) is 0 Å². The third-order valence-corrected chi connectivity index (χ3v) is 2.86. The van der Waals surface area contributed by atoms with Crippen molar-refractivity contribution in [3.05, 3.63) is 29.3 Å². The molecular formula is C13H18O2. The first-order valence-corrected chi connectivity index (χ1v) is 5.73. The lowest BCUT2D eigenvalue weighted by atomic mass is 9.95. The van der Waals surface area contributed by atoms with Crippen LogP contribution in [0.2, 0.25) is 0 Å². The van der Waals surface area contributed by atoms with E-state index >= 15 is 0 Å². The Kier molecular flexibility index (Phi) is 3.27. The van der Waals surface area contributed by atoms with Crippen LogP contribution in [0.1, 0.15) is 37.5 Å². The number of hydrogen-bond donors (Lipinski definition) is 0. The highest BCUT2D eigenvalue weighted by molar-refractivity contribution is 5.42.